The molecule has 0 saturated heterocycles. The van der Waals surface area contributed by atoms with Crippen molar-refractivity contribution in [3.05, 3.63) is 89.3 Å². The largest absolute Gasteiger partial charge is 0.352 e. The fraction of sp³-hybridized carbons (Fsp3) is 0.174. The van der Waals surface area contributed by atoms with Crippen LogP contribution in [0.4, 0.5) is 0 Å². The molecule has 1 atom stereocenters. The van der Waals surface area contributed by atoms with Crippen molar-refractivity contribution in [2.45, 2.75) is 19.3 Å². The maximum atomic E-state index is 12.9. The molecule has 0 aliphatic rings. The maximum absolute atomic E-state index is 12.9. The maximum Gasteiger partial charge on any atom is 0.253 e. The standard InChI is InChI=1S/C23H21ClN4O/c1-16(17-7-3-2-4-8-17)11-14-25-22(29)18-15-28(23-26-12-6-13-27-23)20-10-5-9-19(24)21(18)20/h2-10,12-13,15-16H,11,14H2,1H3,(H,25,29). The molecule has 146 valence electrons. The number of carbonyl (C=O) groups is 1. The van der Waals surface area contributed by atoms with Crippen LogP contribution >= 0.6 is 11.6 Å². The SMILES string of the molecule is CC(CCNC(=O)c1cn(-c2ncccn2)c2cccc(Cl)c12)c1ccccc1. The first-order valence-electron chi connectivity index (χ1n) is 9.55. The zero-order valence-electron chi connectivity index (χ0n) is 16.0. The molecule has 1 N–H and O–H groups in total. The molecule has 4 rings (SSSR count). The third-order valence-corrected chi connectivity index (χ3v) is 5.34. The molecule has 2 heterocycles. The van der Waals surface area contributed by atoms with Gasteiger partial charge in [0.1, 0.15) is 0 Å². The first-order chi connectivity index (χ1) is 14.1. The van der Waals surface area contributed by atoms with Crippen LogP contribution in [0.5, 0.6) is 0 Å². The Labute approximate surface area is 174 Å². The van der Waals surface area contributed by atoms with Gasteiger partial charge in [0.05, 0.1) is 16.1 Å². The highest BCUT2D eigenvalue weighted by molar-refractivity contribution is 6.37. The summed E-state index contributed by atoms with van der Waals surface area (Å²) in [6.07, 6.45) is 5.94. The molecule has 0 aliphatic heterocycles. The minimum atomic E-state index is -0.155. The summed E-state index contributed by atoms with van der Waals surface area (Å²) in [7, 11) is 0. The third kappa shape index (κ3) is 4.00. The van der Waals surface area contributed by atoms with Crippen LogP contribution in [-0.2, 0) is 0 Å². The molecule has 4 aromatic rings. The number of fused-ring (bicyclic) bond motifs is 1. The molecule has 6 heteroatoms. The number of nitrogens with one attached hydrogen (secondary N) is 1. The summed E-state index contributed by atoms with van der Waals surface area (Å²) in [6, 6.07) is 17.6. The van der Waals surface area contributed by atoms with Crippen molar-refractivity contribution >= 4 is 28.4 Å². The van der Waals surface area contributed by atoms with Crippen molar-refractivity contribution in [3.63, 3.8) is 0 Å². The second kappa shape index (κ2) is 8.45. The fourth-order valence-electron chi connectivity index (χ4n) is 3.44. The van der Waals surface area contributed by atoms with Gasteiger partial charge in [0.2, 0.25) is 5.95 Å². The zero-order chi connectivity index (χ0) is 20.2. The Bertz CT molecular complexity index is 1130. The summed E-state index contributed by atoms with van der Waals surface area (Å²) < 4.78 is 1.79. The average molecular weight is 405 g/mol. The number of hydrogen-bond acceptors (Lipinski definition) is 3. The van der Waals surface area contributed by atoms with E-state index in [0.29, 0.717) is 34.4 Å². The fourth-order valence-corrected chi connectivity index (χ4v) is 3.71. The molecule has 0 fully saturated rings. The number of rotatable bonds is 6. The van der Waals surface area contributed by atoms with E-state index < -0.39 is 0 Å². The molecule has 0 saturated carbocycles. The highest BCUT2D eigenvalue weighted by Gasteiger charge is 2.19. The number of amides is 1. The molecule has 1 unspecified atom stereocenters. The zero-order valence-corrected chi connectivity index (χ0v) is 16.8. The molecule has 0 radical (unpaired) electrons. The second-order valence-electron chi connectivity index (χ2n) is 6.95. The van der Waals surface area contributed by atoms with Crippen molar-refractivity contribution in [1.82, 2.24) is 19.9 Å². The number of halogens is 1. The number of nitrogens with zero attached hydrogens (tertiary/aromatic N) is 3. The normalized spacial score (nSPS) is 12.1. The van der Waals surface area contributed by atoms with E-state index in [-0.39, 0.29) is 5.91 Å². The van der Waals surface area contributed by atoms with Gasteiger partial charge < -0.3 is 5.32 Å². The van der Waals surface area contributed by atoms with E-state index in [1.165, 1.54) is 5.56 Å². The van der Waals surface area contributed by atoms with Crippen LogP contribution in [-0.4, -0.2) is 27.0 Å². The Morgan fingerprint density at radius 1 is 1.07 bits per heavy atom. The monoisotopic (exact) mass is 404 g/mol. The van der Waals surface area contributed by atoms with E-state index in [0.717, 1.165) is 11.9 Å². The van der Waals surface area contributed by atoms with Gasteiger partial charge >= 0.3 is 0 Å². The molecule has 1 amide bonds. The van der Waals surface area contributed by atoms with Crippen molar-refractivity contribution in [1.29, 1.82) is 0 Å². The summed E-state index contributed by atoms with van der Waals surface area (Å²) in [5.41, 5.74) is 2.58. The molecular formula is C23H21ClN4O. The summed E-state index contributed by atoms with van der Waals surface area (Å²) in [5, 5.41) is 4.26. The molecule has 5 nitrogen and oxygen atoms in total. The van der Waals surface area contributed by atoms with Crippen molar-refractivity contribution in [2.75, 3.05) is 6.54 Å². The van der Waals surface area contributed by atoms with Gasteiger partial charge in [0.25, 0.3) is 5.91 Å². The number of carbonyl (C=O) groups excluding carboxylic acids is 1. The topological polar surface area (TPSA) is 59.8 Å². The minimum absolute atomic E-state index is 0.155. The van der Waals surface area contributed by atoms with Crippen molar-refractivity contribution in [3.8, 4) is 5.95 Å². The number of hydrogen-bond donors (Lipinski definition) is 1. The van der Waals surface area contributed by atoms with E-state index in [2.05, 4.69) is 34.3 Å². The van der Waals surface area contributed by atoms with Crippen LogP contribution in [0.2, 0.25) is 5.02 Å². The molecular weight excluding hydrogens is 384 g/mol. The summed E-state index contributed by atoms with van der Waals surface area (Å²) in [5.74, 6) is 0.703. The molecule has 29 heavy (non-hydrogen) atoms. The van der Waals surface area contributed by atoms with Crippen LogP contribution < -0.4 is 5.32 Å². The summed E-state index contributed by atoms with van der Waals surface area (Å²) >= 11 is 6.44. The van der Waals surface area contributed by atoms with Gasteiger partial charge in [-0.3, -0.25) is 9.36 Å². The second-order valence-corrected chi connectivity index (χ2v) is 7.36. The van der Waals surface area contributed by atoms with E-state index in [9.17, 15) is 4.79 Å². The predicted molar refractivity (Wildman–Crippen MR) is 116 cm³/mol. The van der Waals surface area contributed by atoms with Gasteiger partial charge in [-0.1, -0.05) is 54.9 Å². The molecule has 0 spiro atoms. The first-order valence-corrected chi connectivity index (χ1v) is 9.93. The Morgan fingerprint density at radius 3 is 2.59 bits per heavy atom. The Kier molecular flexibility index (Phi) is 5.58. The van der Waals surface area contributed by atoms with Crippen molar-refractivity contribution in [2.24, 2.45) is 0 Å². The van der Waals surface area contributed by atoms with Gasteiger partial charge in [-0.2, -0.15) is 0 Å². The van der Waals surface area contributed by atoms with Gasteiger partial charge in [0, 0.05) is 30.5 Å². The number of benzene rings is 2. The lowest BCUT2D eigenvalue weighted by Crippen LogP contribution is -2.25. The Morgan fingerprint density at radius 2 is 1.83 bits per heavy atom. The summed E-state index contributed by atoms with van der Waals surface area (Å²) in [4.78, 5) is 21.5. The van der Waals surface area contributed by atoms with Gasteiger partial charge in [-0.05, 0) is 36.1 Å². The third-order valence-electron chi connectivity index (χ3n) is 5.02. The lowest BCUT2D eigenvalue weighted by Gasteiger charge is -2.12. The summed E-state index contributed by atoms with van der Waals surface area (Å²) in [6.45, 7) is 2.74. The minimum Gasteiger partial charge on any atom is -0.352 e. The van der Waals surface area contributed by atoms with Crippen molar-refractivity contribution < 1.29 is 4.79 Å². The van der Waals surface area contributed by atoms with Gasteiger partial charge in [-0.15, -0.1) is 0 Å². The lowest BCUT2D eigenvalue weighted by atomic mass is 9.98. The van der Waals surface area contributed by atoms with E-state index in [1.54, 1.807) is 35.3 Å². The van der Waals surface area contributed by atoms with E-state index in [4.69, 9.17) is 11.6 Å². The van der Waals surface area contributed by atoms with E-state index >= 15 is 0 Å². The van der Waals surface area contributed by atoms with Crippen LogP contribution in [0, 0.1) is 0 Å². The van der Waals surface area contributed by atoms with Crippen LogP contribution in [0.3, 0.4) is 0 Å². The van der Waals surface area contributed by atoms with E-state index in [1.807, 2.05) is 30.3 Å². The molecule has 2 aromatic heterocycles. The Balaban J connectivity index is 1.56. The van der Waals surface area contributed by atoms with Crippen LogP contribution in [0.25, 0.3) is 16.9 Å². The van der Waals surface area contributed by atoms with Crippen LogP contribution in [0.15, 0.2) is 73.2 Å². The average Bonchev–Trinajstić information content (AvgIpc) is 3.16. The lowest BCUT2D eigenvalue weighted by molar-refractivity contribution is 0.0954. The highest BCUT2D eigenvalue weighted by atomic mass is 35.5. The highest BCUT2D eigenvalue weighted by Crippen LogP contribution is 2.30. The Hall–Kier alpha value is -3.18. The molecule has 0 aliphatic carbocycles. The first kappa shape index (κ1) is 19.2. The molecule has 2 aromatic carbocycles. The quantitative estimate of drug-likeness (QED) is 0.492. The predicted octanol–water partition coefficient (Wildman–Crippen LogP) is 5.00. The van der Waals surface area contributed by atoms with Crippen LogP contribution in [0.1, 0.15) is 35.2 Å². The van der Waals surface area contributed by atoms with Gasteiger partial charge in [-0.25, -0.2) is 9.97 Å². The number of aromatic nitrogens is 3. The molecule has 0 bridgehead atoms. The van der Waals surface area contributed by atoms with Gasteiger partial charge in [0.15, 0.2) is 0 Å². The smallest absolute Gasteiger partial charge is 0.253 e.